The average Bonchev–Trinajstić information content (AvgIpc) is 2.27. The first-order chi connectivity index (χ1) is 8.41. The van der Waals surface area contributed by atoms with Crippen LogP contribution in [0.3, 0.4) is 0 Å². The standard InChI is InChI=1S/C12H10Cl2N2O2/c1-6(2)7-5-8-9(13)3-4-10(16(17)18)11(8)15-12(7)14/h3-6H,1-2H3. The molecule has 1 aromatic carbocycles. The van der Waals surface area contributed by atoms with Crippen LogP contribution in [0.2, 0.25) is 10.2 Å². The lowest BCUT2D eigenvalue weighted by Crippen LogP contribution is -1.96. The van der Waals surface area contributed by atoms with Gasteiger partial charge in [0.05, 0.1) is 9.95 Å². The molecular formula is C12H10Cl2N2O2. The zero-order valence-corrected chi connectivity index (χ0v) is 11.3. The van der Waals surface area contributed by atoms with E-state index in [-0.39, 0.29) is 22.3 Å². The van der Waals surface area contributed by atoms with Gasteiger partial charge in [0.25, 0.3) is 5.69 Å². The molecule has 0 spiro atoms. The molecule has 4 nitrogen and oxygen atoms in total. The quantitative estimate of drug-likeness (QED) is 0.461. The number of rotatable bonds is 2. The predicted molar refractivity (Wildman–Crippen MR) is 72.5 cm³/mol. The number of nitro benzene ring substituents is 1. The Morgan fingerprint density at radius 2 is 2.00 bits per heavy atom. The molecule has 0 atom stereocenters. The van der Waals surface area contributed by atoms with Crippen molar-refractivity contribution in [1.29, 1.82) is 0 Å². The third kappa shape index (κ3) is 2.13. The van der Waals surface area contributed by atoms with Crippen LogP contribution in [0.5, 0.6) is 0 Å². The first-order valence-electron chi connectivity index (χ1n) is 5.35. The molecule has 1 heterocycles. The van der Waals surface area contributed by atoms with Crippen molar-refractivity contribution < 1.29 is 4.92 Å². The Hall–Kier alpha value is -1.39. The Morgan fingerprint density at radius 3 is 2.56 bits per heavy atom. The second kappa shape index (κ2) is 4.71. The molecule has 1 aromatic heterocycles. The summed E-state index contributed by atoms with van der Waals surface area (Å²) in [5.74, 6) is 0.171. The van der Waals surface area contributed by atoms with E-state index in [2.05, 4.69) is 4.98 Å². The van der Waals surface area contributed by atoms with E-state index in [1.165, 1.54) is 12.1 Å². The van der Waals surface area contributed by atoms with Gasteiger partial charge < -0.3 is 0 Å². The van der Waals surface area contributed by atoms with Gasteiger partial charge in [-0.15, -0.1) is 0 Å². The largest absolute Gasteiger partial charge is 0.295 e. The number of hydrogen-bond donors (Lipinski definition) is 0. The Kier molecular flexibility index (Phi) is 3.41. The van der Waals surface area contributed by atoms with Crippen molar-refractivity contribution in [3.05, 3.63) is 44.1 Å². The number of halogens is 2. The second-order valence-electron chi connectivity index (χ2n) is 4.24. The average molecular weight is 285 g/mol. The van der Waals surface area contributed by atoms with Crippen molar-refractivity contribution in [2.24, 2.45) is 0 Å². The number of pyridine rings is 1. The van der Waals surface area contributed by atoms with Gasteiger partial charge in [-0.05, 0) is 23.6 Å². The van der Waals surface area contributed by atoms with Crippen molar-refractivity contribution in [1.82, 2.24) is 4.98 Å². The van der Waals surface area contributed by atoms with Gasteiger partial charge in [0.1, 0.15) is 5.15 Å². The molecule has 0 bridgehead atoms. The molecule has 0 saturated carbocycles. The summed E-state index contributed by atoms with van der Waals surface area (Å²) >= 11 is 12.1. The summed E-state index contributed by atoms with van der Waals surface area (Å²) in [6.45, 7) is 3.94. The van der Waals surface area contributed by atoms with Gasteiger partial charge in [-0.1, -0.05) is 37.0 Å². The van der Waals surface area contributed by atoms with Crippen molar-refractivity contribution in [3.63, 3.8) is 0 Å². The summed E-state index contributed by atoms with van der Waals surface area (Å²) in [5.41, 5.74) is 0.958. The summed E-state index contributed by atoms with van der Waals surface area (Å²) < 4.78 is 0. The van der Waals surface area contributed by atoms with Gasteiger partial charge >= 0.3 is 0 Å². The van der Waals surface area contributed by atoms with Crippen LogP contribution >= 0.6 is 23.2 Å². The van der Waals surface area contributed by atoms with Gasteiger partial charge in [-0.2, -0.15) is 0 Å². The zero-order valence-electron chi connectivity index (χ0n) is 9.78. The smallest absolute Gasteiger partial charge is 0.258 e. The Labute approximate surface area is 114 Å². The molecule has 94 valence electrons. The minimum Gasteiger partial charge on any atom is -0.258 e. The second-order valence-corrected chi connectivity index (χ2v) is 5.01. The van der Waals surface area contributed by atoms with Crippen LogP contribution in [0, 0.1) is 10.1 Å². The van der Waals surface area contributed by atoms with Crippen molar-refractivity contribution in [2.45, 2.75) is 19.8 Å². The lowest BCUT2D eigenvalue weighted by molar-refractivity contribution is -0.383. The number of nitrogens with zero attached hydrogens (tertiary/aromatic N) is 2. The molecule has 0 amide bonds. The van der Waals surface area contributed by atoms with E-state index in [1.807, 2.05) is 13.8 Å². The van der Waals surface area contributed by atoms with Gasteiger partial charge in [-0.25, -0.2) is 4.98 Å². The van der Waals surface area contributed by atoms with Crippen LogP contribution in [0.1, 0.15) is 25.3 Å². The maximum atomic E-state index is 10.9. The zero-order chi connectivity index (χ0) is 13.4. The predicted octanol–water partition coefficient (Wildman–Crippen LogP) is 4.57. The molecule has 0 N–H and O–H groups in total. The molecule has 0 aliphatic heterocycles. The van der Waals surface area contributed by atoms with E-state index in [1.54, 1.807) is 6.07 Å². The number of non-ortho nitro benzene ring substituents is 1. The monoisotopic (exact) mass is 284 g/mol. The molecular weight excluding hydrogens is 275 g/mol. The third-order valence-corrected chi connectivity index (χ3v) is 3.34. The fourth-order valence-electron chi connectivity index (χ4n) is 1.76. The van der Waals surface area contributed by atoms with Crippen molar-refractivity contribution in [3.8, 4) is 0 Å². The van der Waals surface area contributed by atoms with Crippen LogP contribution in [0.25, 0.3) is 10.9 Å². The highest BCUT2D eigenvalue weighted by molar-refractivity contribution is 6.36. The summed E-state index contributed by atoms with van der Waals surface area (Å²) in [7, 11) is 0. The fraction of sp³-hybridized carbons (Fsp3) is 0.250. The maximum absolute atomic E-state index is 10.9. The van der Waals surface area contributed by atoms with E-state index >= 15 is 0 Å². The van der Waals surface area contributed by atoms with Crippen LogP contribution in [-0.4, -0.2) is 9.91 Å². The summed E-state index contributed by atoms with van der Waals surface area (Å²) in [6, 6.07) is 4.61. The minimum absolute atomic E-state index is 0.0911. The highest BCUT2D eigenvalue weighted by Crippen LogP contribution is 2.34. The molecule has 2 aromatic rings. The molecule has 0 aliphatic carbocycles. The number of aromatic nitrogens is 1. The van der Waals surface area contributed by atoms with Gasteiger partial charge in [0, 0.05) is 11.5 Å². The molecule has 0 aliphatic rings. The van der Waals surface area contributed by atoms with Crippen LogP contribution in [0.15, 0.2) is 18.2 Å². The molecule has 6 heteroatoms. The van der Waals surface area contributed by atoms with Crippen LogP contribution in [0.4, 0.5) is 5.69 Å². The molecule has 18 heavy (non-hydrogen) atoms. The third-order valence-electron chi connectivity index (χ3n) is 2.71. The minimum atomic E-state index is -0.489. The number of nitro groups is 1. The highest BCUT2D eigenvalue weighted by atomic mass is 35.5. The normalized spacial score (nSPS) is 11.2. The lowest BCUT2D eigenvalue weighted by Gasteiger charge is -2.10. The first kappa shape index (κ1) is 13.1. The summed E-state index contributed by atoms with van der Waals surface area (Å²) in [6.07, 6.45) is 0. The van der Waals surface area contributed by atoms with E-state index < -0.39 is 4.92 Å². The van der Waals surface area contributed by atoms with Gasteiger partial charge in [0.2, 0.25) is 0 Å². The SMILES string of the molecule is CC(C)c1cc2c(Cl)ccc([N+](=O)[O-])c2nc1Cl. The van der Waals surface area contributed by atoms with E-state index in [4.69, 9.17) is 23.2 Å². The Balaban J connectivity index is 2.86. The molecule has 0 fully saturated rings. The van der Waals surface area contributed by atoms with Crippen molar-refractivity contribution in [2.75, 3.05) is 0 Å². The summed E-state index contributed by atoms with van der Waals surface area (Å²) in [5, 5.41) is 12.2. The van der Waals surface area contributed by atoms with Crippen LogP contribution in [-0.2, 0) is 0 Å². The highest BCUT2D eigenvalue weighted by Gasteiger charge is 2.18. The molecule has 2 rings (SSSR count). The lowest BCUT2D eigenvalue weighted by atomic mass is 10.0. The molecule has 0 saturated heterocycles. The number of fused-ring (bicyclic) bond motifs is 1. The topological polar surface area (TPSA) is 56.0 Å². The van der Waals surface area contributed by atoms with Gasteiger partial charge in [-0.3, -0.25) is 10.1 Å². The van der Waals surface area contributed by atoms with Gasteiger partial charge in [0.15, 0.2) is 5.52 Å². The first-order valence-corrected chi connectivity index (χ1v) is 6.10. The summed E-state index contributed by atoms with van der Waals surface area (Å²) in [4.78, 5) is 14.6. The Morgan fingerprint density at radius 1 is 1.33 bits per heavy atom. The van der Waals surface area contributed by atoms with E-state index in [9.17, 15) is 10.1 Å². The number of hydrogen-bond acceptors (Lipinski definition) is 3. The van der Waals surface area contributed by atoms with E-state index in [0.717, 1.165) is 5.56 Å². The molecule has 0 unspecified atom stereocenters. The van der Waals surface area contributed by atoms with E-state index in [0.29, 0.717) is 10.4 Å². The Bertz CT molecular complexity index is 642. The van der Waals surface area contributed by atoms with Crippen LogP contribution < -0.4 is 0 Å². The van der Waals surface area contributed by atoms with Crippen molar-refractivity contribution >= 4 is 39.8 Å². The molecule has 0 radical (unpaired) electrons. The maximum Gasteiger partial charge on any atom is 0.295 e. The number of benzene rings is 1. The fourth-order valence-corrected chi connectivity index (χ4v) is 2.32.